The standard InChI is InChI=1S/C13H16N2/c1-9-3-11(7-14-6-9)12-4-10-5-13(12)15(2)8-10/h3-4,6-7,10,13H,5,8H2,1-2H3. The van der Waals surface area contributed by atoms with Crippen molar-refractivity contribution in [2.24, 2.45) is 5.92 Å². The lowest BCUT2D eigenvalue weighted by atomic mass is 10.0. The molecule has 2 heteroatoms. The zero-order valence-electron chi connectivity index (χ0n) is 9.27. The maximum Gasteiger partial charge on any atom is 0.0354 e. The van der Waals surface area contributed by atoms with Gasteiger partial charge in [0, 0.05) is 25.0 Å². The van der Waals surface area contributed by atoms with Crippen LogP contribution in [0.25, 0.3) is 5.57 Å². The Labute approximate surface area is 90.6 Å². The first-order valence-corrected chi connectivity index (χ1v) is 5.58. The fraction of sp³-hybridized carbons (Fsp3) is 0.462. The molecule has 1 aromatic rings. The van der Waals surface area contributed by atoms with E-state index in [1.54, 1.807) is 0 Å². The fourth-order valence-corrected chi connectivity index (χ4v) is 2.89. The number of pyridine rings is 1. The second-order valence-corrected chi connectivity index (χ2v) is 4.82. The number of nitrogens with zero attached hydrogens (tertiary/aromatic N) is 2. The topological polar surface area (TPSA) is 16.1 Å². The van der Waals surface area contributed by atoms with Gasteiger partial charge in [0.15, 0.2) is 0 Å². The maximum absolute atomic E-state index is 4.28. The Balaban J connectivity index is 1.99. The molecule has 0 spiro atoms. The van der Waals surface area contributed by atoms with Crippen molar-refractivity contribution in [3.05, 3.63) is 35.7 Å². The molecule has 2 aliphatic rings. The maximum atomic E-state index is 4.28. The van der Waals surface area contributed by atoms with Crippen molar-refractivity contribution >= 4 is 5.57 Å². The van der Waals surface area contributed by atoms with Crippen LogP contribution in [0.4, 0.5) is 0 Å². The van der Waals surface area contributed by atoms with E-state index in [2.05, 4.69) is 36.0 Å². The Hall–Kier alpha value is -1.15. The van der Waals surface area contributed by atoms with Crippen LogP contribution in [0.5, 0.6) is 0 Å². The number of likely N-dealkylation sites (N-methyl/N-ethyl adjacent to an activating group) is 1. The van der Waals surface area contributed by atoms with Crippen LogP contribution in [0.1, 0.15) is 17.5 Å². The van der Waals surface area contributed by atoms with Gasteiger partial charge in [-0.2, -0.15) is 0 Å². The van der Waals surface area contributed by atoms with E-state index in [1.165, 1.54) is 29.7 Å². The van der Waals surface area contributed by atoms with E-state index in [0.717, 1.165) is 5.92 Å². The van der Waals surface area contributed by atoms with Crippen LogP contribution in [0.3, 0.4) is 0 Å². The lowest BCUT2D eigenvalue weighted by Gasteiger charge is -2.24. The number of aryl methyl sites for hydroxylation is 1. The van der Waals surface area contributed by atoms with Gasteiger partial charge in [-0.25, -0.2) is 0 Å². The lowest BCUT2D eigenvalue weighted by Crippen LogP contribution is -2.28. The Morgan fingerprint density at radius 3 is 2.93 bits per heavy atom. The molecule has 1 fully saturated rings. The molecule has 3 rings (SSSR count). The smallest absolute Gasteiger partial charge is 0.0354 e. The molecule has 1 aromatic heterocycles. The third-order valence-electron chi connectivity index (χ3n) is 3.56. The lowest BCUT2D eigenvalue weighted by molar-refractivity contribution is 0.353. The Morgan fingerprint density at radius 2 is 2.27 bits per heavy atom. The van der Waals surface area contributed by atoms with Crippen LogP contribution < -0.4 is 0 Å². The van der Waals surface area contributed by atoms with Crippen molar-refractivity contribution in [3.63, 3.8) is 0 Å². The molecule has 0 amide bonds. The molecule has 2 bridgehead atoms. The van der Waals surface area contributed by atoms with Crippen molar-refractivity contribution < 1.29 is 0 Å². The minimum atomic E-state index is 0.638. The van der Waals surface area contributed by atoms with Gasteiger partial charge in [0.25, 0.3) is 0 Å². The van der Waals surface area contributed by atoms with Crippen molar-refractivity contribution in [2.45, 2.75) is 19.4 Å². The van der Waals surface area contributed by atoms with E-state index in [9.17, 15) is 0 Å². The van der Waals surface area contributed by atoms with Crippen LogP contribution in [0, 0.1) is 12.8 Å². The quantitative estimate of drug-likeness (QED) is 0.690. The zero-order chi connectivity index (χ0) is 10.4. The van der Waals surface area contributed by atoms with E-state index >= 15 is 0 Å². The SMILES string of the molecule is Cc1cncc(C2=CC3CC2N(C)C3)c1. The summed E-state index contributed by atoms with van der Waals surface area (Å²) in [6.45, 7) is 3.33. The minimum absolute atomic E-state index is 0.638. The van der Waals surface area contributed by atoms with Crippen molar-refractivity contribution in [1.29, 1.82) is 0 Å². The van der Waals surface area contributed by atoms with Crippen molar-refractivity contribution in [3.8, 4) is 0 Å². The summed E-state index contributed by atoms with van der Waals surface area (Å²) in [6.07, 6.45) is 7.66. The Morgan fingerprint density at radius 1 is 1.40 bits per heavy atom. The first kappa shape index (κ1) is 9.10. The zero-order valence-corrected chi connectivity index (χ0v) is 9.27. The molecule has 1 aliphatic carbocycles. The predicted molar refractivity (Wildman–Crippen MR) is 61.5 cm³/mol. The molecule has 2 nitrogen and oxygen atoms in total. The highest BCUT2D eigenvalue weighted by atomic mass is 15.2. The average molecular weight is 200 g/mol. The summed E-state index contributed by atoms with van der Waals surface area (Å²) in [4.78, 5) is 6.74. The molecule has 0 saturated carbocycles. The van der Waals surface area contributed by atoms with Gasteiger partial charge in [0.1, 0.15) is 0 Å². The average Bonchev–Trinajstić information content (AvgIpc) is 2.76. The molecular weight excluding hydrogens is 184 g/mol. The van der Waals surface area contributed by atoms with Crippen LogP contribution in [0.15, 0.2) is 24.5 Å². The number of aromatic nitrogens is 1. The minimum Gasteiger partial charge on any atom is -0.299 e. The van der Waals surface area contributed by atoms with Crippen LogP contribution in [-0.2, 0) is 0 Å². The second kappa shape index (κ2) is 3.17. The van der Waals surface area contributed by atoms with E-state index in [1.807, 2.05) is 12.4 Å². The highest BCUT2D eigenvalue weighted by molar-refractivity contribution is 5.72. The number of rotatable bonds is 1. The van der Waals surface area contributed by atoms with Crippen LogP contribution in [-0.4, -0.2) is 29.5 Å². The van der Waals surface area contributed by atoms with E-state index in [-0.39, 0.29) is 0 Å². The highest BCUT2D eigenvalue weighted by Crippen LogP contribution is 2.40. The van der Waals surface area contributed by atoms with Gasteiger partial charge in [-0.05, 0) is 49.1 Å². The summed E-state index contributed by atoms with van der Waals surface area (Å²) in [5, 5.41) is 0. The summed E-state index contributed by atoms with van der Waals surface area (Å²) in [5.74, 6) is 0.774. The summed E-state index contributed by atoms with van der Waals surface area (Å²) >= 11 is 0. The fourth-order valence-electron chi connectivity index (χ4n) is 2.89. The molecule has 1 aliphatic heterocycles. The molecule has 0 radical (unpaired) electrons. The molecule has 2 heterocycles. The van der Waals surface area contributed by atoms with Gasteiger partial charge >= 0.3 is 0 Å². The molecular formula is C13H16N2. The second-order valence-electron chi connectivity index (χ2n) is 4.82. The number of hydrogen-bond donors (Lipinski definition) is 0. The van der Waals surface area contributed by atoms with Crippen LogP contribution in [0.2, 0.25) is 0 Å². The van der Waals surface area contributed by atoms with Gasteiger partial charge < -0.3 is 0 Å². The molecule has 0 aromatic carbocycles. The van der Waals surface area contributed by atoms with E-state index in [4.69, 9.17) is 0 Å². The van der Waals surface area contributed by atoms with Crippen molar-refractivity contribution in [1.82, 2.24) is 9.88 Å². The summed E-state index contributed by atoms with van der Waals surface area (Å²) in [5.41, 5.74) is 4.05. The molecule has 78 valence electrons. The number of fused-ring (bicyclic) bond motifs is 2. The molecule has 0 N–H and O–H groups in total. The highest BCUT2D eigenvalue weighted by Gasteiger charge is 2.37. The van der Waals surface area contributed by atoms with E-state index < -0.39 is 0 Å². The summed E-state index contributed by atoms with van der Waals surface area (Å²) < 4.78 is 0. The molecule has 1 saturated heterocycles. The number of hydrogen-bond acceptors (Lipinski definition) is 2. The third kappa shape index (κ3) is 1.40. The van der Waals surface area contributed by atoms with E-state index in [0.29, 0.717) is 6.04 Å². The Bertz CT molecular complexity index is 422. The monoisotopic (exact) mass is 200 g/mol. The largest absolute Gasteiger partial charge is 0.299 e. The first-order valence-electron chi connectivity index (χ1n) is 5.58. The van der Waals surface area contributed by atoms with Gasteiger partial charge in [0.05, 0.1) is 0 Å². The number of likely N-dealkylation sites (tertiary alicyclic amines) is 1. The van der Waals surface area contributed by atoms with Gasteiger partial charge in [0.2, 0.25) is 0 Å². The van der Waals surface area contributed by atoms with Crippen molar-refractivity contribution in [2.75, 3.05) is 13.6 Å². The summed E-state index contributed by atoms with van der Waals surface area (Å²) in [7, 11) is 2.22. The molecule has 15 heavy (non-hydrogen) atoms. The molecule has 2 unspecified atom stereocenters. The molecule has 2 atom stereocenters. The first-order chi connectivity index (χ1) is 7.24. The van der Waals surface area contributed by atoms with Crippen LogP contribution >= 0.6 is 0 Å². The predicted octanol–water partition coefficient (Wildman–Crippen LogP) is 2.11. The normalized spacial score (nSPS) is 29.6. The van der Waals surface area contributed by atoms with Gasteiger partial charge in [-0.15, -0.1) is 0 Å². The van der Waals surface area contributed by atoms with Gasteiger partial charge in [-0.1, -0.05) is 6.08 Å². The van der Waals surface area contributed by atoms with Gasteiger partial charge in [-0.3, -0.25) is 9.88 Å². The Kier molecular flexibility index (Phi) is 1.93. The third-order valence-corrected chi connectivity index (χ3v) is 3.56. The summed E-state index contributed by atoms with van der Waals surface area (Å²) in [6, 6.07) is 2.88.